The highest BCUT2D eigenvalue weighted by atomic mass is 16.2. The predicted octanol–water partition coefficient (Wildman–Crippen LogP) is -1.99. The van der Waals surface area contributed by atoms with E-state index in [1.54, 1.807) is 13.8 Å². The van der Waals surface area contributed by atoms with Crippen LogP contribution in [0.2, 0.25) is 0 Å². The summed E-state index contributed by atoms with van der Waals surface area (Å²) < 4.78 is 0. The van der Waals surface area contributed by atoms with Gasteiger partial charge in [-0.1, -0.05) is 0 Å². The number of hydrogen-bond acceptors (Lipinski definition) is 4. The molecule has 0 bridgehead atoms. The summed E-state index contributed by atoms with van der Waals surface area (Å²) in [4.78, 5) is 48.1. The fourth-order valence-corrected chi connectivity index (χ4v) is 1.99. The average Bonchev–Trinajstić information content (AvgIpc) is 2.49. The molecule has 0 atom stereocenters. The molecule has 8 heteroatoms. The third-order valence-corrected chi connectivity index (χ3v) is 3.02. The zero-order valence-electron chi connectivity index (χ0n) is 11.2. The number of nitrogens with two attached hydrogens (primary N) is 1. The topological polar surface area (TPSA) is 113 Å². The first kappa shape index (κ1) is 14.9. The molecule has 0 aromatic rings. The van der Waals surface area contributed by atoms with Crippen LogP contribution in [0, 0.1) is 0 Å². The molecule has 4 amide bonds. The first-order chi connectivity index (χ1) is 8.66. The second-order valence-corrected chi connectivity index (χ2v) is 4.83. The van der Waals surface area contributed by atoms with Crippen LogP contribution in [0.5, 0.6) is 0 Å². The van der Waals surface area contributed by atoms with Crippen LogP contribution < -0.4 is 11.1 Å². The number of carbonyl (C=O) groups excluding carboxylic acids is 4. The van der Waals surface area contributed by atoms with Crippen molar-refractivity contribution in [2.24, 2.45) is 5.73 Å². The van der Waals surface area contributed by atoms with Crippen LogP contribution in [0.4, 0.5) is 0 Å². The fraction of sp³-hybridized carbons (Fsp3) is 0.636. The van der Waals surface area contributed by atoms with E-state index in [0.717, 1.165) is 0 Å². The zero-order chi connectivity index (χ0) is 14.8. The van der Waals surface area contributed by atoms with Gasteiger partial charge in [0.25, 0.3) is 0 Å². The van der Waals surface area contributed by atoms with Crippen molar-refractivity contribution < 1.29 is 19.2 Å². The van der Waals surface area contributed by atoms with Crippen molar-refractivity contribution in [2.75, 3.05) is 19.6 Å². The van der Waals surface area contributed by atoms with Gasteiger partial charge in [-0.05, 0) is 13.8 Å². The molecule has 3 N–H and O–H groups in total. The SMILES string of the molecule is CC(=O)NCC(=O)N1CC(=O)N(CC(N)=O)C1(C)C. The quantitative estimate of drug-likeness (QED) is 0.616. The third kappa shape index (κ3) is 3.21. The predicted molar refractivity (Wildman–Crippen MR) is 65.4 cm³/mol. The molecule has 0 saturated carbocycles. The van der Waals surface area contributed by atoms with E-state index in [1.807, 2.05) is 0 Å². The molecular formula is C11H18N4O4. The van der Waals surface area contributed by atoms with Gasteiger partial charge in [-0.3, -0.25) is 19.2 Å². The summed E-state index contributed by atoms with van der Waals surface area (Å²) in [7, 11) is 0. The van der Waals surface area contributed by atoms with Crippen molar-refractivity contribution in [3.8, 4) is 0 Å². The molecule has 0 aromatic heterocycles. The number of nitrogens with one attached hydrogen (secondary N) is 1. The standard InChI is InChI=1S/C11H18N4O4/c1-7(16)13-4-9(18)15-6-10(19)14(5-8(12)17)11(15,2)3/h4-6H2,1-3H3,(H2,12,17)(H,13,16). The first-order valence-electron chi connectivity index (χ1n) is 5.80. The van der Waals surface area contributed by atoms with Crippen LogP contribution in [0.25, 0.3) is 0 Å². The summed E-state index contributed by atoms with van der Waals surface area (Å²) in [6.45, 7) is 4.04. The van der Waals surface area contributed by atoms with Gasteiger partial charge in [0.2, 0.25) is 23.6 Å². The second-order valence-electron chi connectivity index (χ2n) is 4.83. The highest BCUT2D eigenvalue weighted by molar-refractivity contribution is 5.93. The van der Waals surface area contributed by atoms with Crippen LogP contribution in [-0.2, 0) is 19.2 Å². The van der Waals surface area contributed by atoms with E-state index in [-0.39, 0.29) is 37.4 Å². The number of primary amides is 1. The molecule has 8 nitrogen and oxygen atoms in total. The van der Waals surface area contributed by atoms with E-state index in [4.69, 9.17) is 5.73 Å². The second kappa shape index (κ2) is 5.25. The lowest BCUT2D eigenvalue weighted by Gasteiger charge is -2.36. The Labute approximate surface area is 110 Å². The Kier molecular flexibility index (Phi) is 4.13. The molecular weight excluding hydrogens is 252 g/mol. The molecule has 1 saturated heterocycles. The smallest absolute Gasteiger partial charge is 0.244 e. The van der Waals surface area contributed by atoms with Crippen molar-refractivity contribution >= 4 is 23.6 Å². The molecule has 0 aliphatic carbocycles. The zero-order valence-corrected chi connectivity index (χ0v) is 11.2. The summed E-state index contributed by atoms with van der Waals surface area (Å²) in [6, 6.07) is 0. The van der Waals surface area contributed by atoms with Gasteiger partial charge in [-0.25, -0.2) is 0 Å². The largest absolute Gasteiger partial charge is 0.368 e. The summed E-state index contributed by atoms with van der Waals surface area (Å²) in [6.07, 6.45) is 0. The Morgan fingerprint density at radius 1 is 1.37 bits per heavy atom. The lowest BCUT2D eigenvalue weighted by Crippen LogP contribution is -2.54. The van der Waals surface area contributed by atoms with Crippen LogP contribution in [0.1, 0.15) is 20.8 Å². The van der Waals surface area contributed by atoms with Crippen LogP contribution in [0.3, 0.4) is 0 Å². The first-order valence-corrected chi connectivity index (χ1v) is 5.80. The molecule has 1 rings (SSSR count). The van der Waals surface area contributed by atoms with Crippen molar-refractivity contribution in [1.82, 2.24) is 15.1 Å². The Morgan fingerprint density at radius 2 is 1.95 bits per heavy atom. The monoisotopic (exact) mass is 270 g/mol. The van der Waals surface area contributed by atoms with E-state index in [1.165, 1.54) is 16.7 Å². The molecule has 1 aliphatic rings. The van der Waals surface area contributed by atoms with Crippen LogP contribution >= 0.6 is 0 Å². The van der Waals surface area contributed by atoms with Crippen molar-refractivity contribution in [3.05, 3.63) is 0 Å². The normalized spacial score (nSPS) is 17.5. The molecule has 1 aliphatic heterocycles. The average molecular weight is 270 g/mol. The maximum absolute atomic E-state index is 12.0. The molecule has 1 heterocycles. The molecule has 0 unspecified atom stereocenters. The van der Waals surface area contributed by atoms with Gasteiger partial charge in [0.15, 0.2) is 0 Å². The Morgan fingerprint density at radius 3 is 2.42 bits per heavy atom. The van der Waals surface area contributed by atoms with E-state index in [9.17, 15) is 19.2 Å². The minimum Gasteiger partial charge on any atom is -0.368 e. The minimum atomic E-state index is -0.943. The fourth-order valence-electron chi connectivity index (χ4n) is 1.99. The van der Waals surface area contributed by atoms with Crippen molar-refractivity contribution in [2.45, 2.75) is 26.4 Å². The van der Waals surface area contributed by atoms with E-state index < -0.39 is 11.6 Å². The molecule has 0 spiro atoms. The van der Waals surface area contributed by atoms with Crippen molar-refractivity contribution in [3.63, 3.8) is 0 Å². The number of rotatable bonds is 4. The van der Waals surface area contributed by atoms with Gasteiger partial charge >= 0.3 is 0 Å². The lowest BCUT2D eigenvalue weighted by molar-refractivity contribution is -0.140. The summed E-state index contributed by atoms with van der Waals surface area (Å²) >= 11 is 0. The highest BCUT2D eigenvalue weighted by Gasteiger charge is 2.46. The number of hydrogen-bond donors (Lipinski definition) is 2. The van der Waals surface area contributed by atoms with Gasteiger partial charge in [-0.2, -0.15) is 0 Å². The highest BCUT2D eigenvalue weighted by Crippen LogP contribution is 2.26. The van der Waals surface area contributed by atoms with Gasteiger partial charge in [-0.15, -0.1) is 0 Å². The van der Waals surface area contributed by atoms with Gasteiger partial charge in [0, 0.05) is 6.92 Å². The van der Waals surface area contributed by atoms with Gasteiger partial charge < -0.3 is 20.9 Å². The van der Waals surface area contributed by atoms with Crippen molar-refractivity contribution in [1.29, 1.82) is 0 Å². The molecule has 19 heavy (non-hydrogen) atoms. The van der Waals surface area contributed by atoms with Gasteiger partial charge in [0.05, 0.1) is 6.54 Å². The molecule has 0 aromatic carbocycles. The maximum Gasteiger partial charge on any atom is 0.244 e. The minimum absolute atomic E-state index is 0.126. The Hall–Kier alpha value is -2.12. The summed E-state index contributed by atoms with van der Waals surface area (Å²) in [5.41, 5.74) is 4.14. The number of carbonyl (C=O) groups is 4. The molecule has 106 valence electrons. The molecule has 0 radical (unpaired) electrons. The number of nitrogens with zero attached hydrogens (tertiary/aromatic N) is 2. The van der Waals surface area contributed by atoms with E-state index in [2.05, 4.69) is 5.32 Å². The Bertz CT molecular complexity index is 432. The molecule has 1 fully saturated rings. The Balaban J connectivity index is 2.81. The lowest BCUT2D eigenvalue weighted by atomic mass is 10.2. The third-order valence-electron chi connectivity index (χ3n) is 3.02. The van der Waals surface area contributed by atoms with E-state index in [0.29, 0.717) is 0 Å². The van der Waals surface area contributed by atoms with E-state index >= 15 is 0 Å². The summed E-state index contributed by atoms with van der Waals surface area (Å²) in [5, 5.41) is 2.38. The van der Waals surface area contributed by atoms with Gasteiger partial charge in [0.1, 0.15) is 18.8 Å². The van der Waals surface area contributed by atoms with Crippen LogP contribution in [-0.4, -0.2) is 58.7 Å². The number of amides is 4. The maximum atomic E-state index is 12.0. The summed E-state index contributed by atoms with van der Waals surface area (Å²) in [5.74, 6) is -1.70. The van der Waals surface area contributed by atoms with Crippen LogP contribution in [0.15, 0.2) is 0 Å².